The molecule has 1 aliphatic rings. The van der Waals surface area contributed by atoms with Crippen LogP contribution < -0.4 is 5.32 Å². The average molecular weight is 586 g/mol. The number of methoxy groups -OCH3 is 1. The van der Waals surface area contributed by atoms with E-state index in [-0.39, 0.29) is 27.8 Å². The van der Waals surface area contributed by atoms with Crippen LogP contribution in [-0.2, 0) is 19.4 Å². The summed E-state index contributed by atoms with van der Waals surface area (Å²) in [4.78, 5) is 25.5. The molecule has 1 fully saturated rings. The smallest absolute Gasteiger partial charge is 0.337 e. The van der Waals surface area contributed by atoms with Gasteiger partial charge in [-0.05, 0) is 54.2 Å². The number of halogens is 1. The van der Waals surface area contributed by atoms with Gasteiger partial charge in [-0.15, -0.1) is 0 Å². The Kier molecular flexibility index (Phi) is 9.68. The van der Waals surface area contributed by atoms with Crippen molar-refractivity contribution in [1.82, 2.24) is 9.78 Å². The van der Waals surface area contributed by atoms with Crippen LogP contribution in [0.5, 0.6) is 0 Å². The summed E-state index contributed by atoms with van der Waals surface area (Å²) in [6.07, 6.45) is 9.79. The molecule has 0 aliphatic heterocycles. The summed E-state index contributed by atoms with van der Waals surface area (Å²) in [5, 5.41) is 7.78. The average Bonchev–Trinajstić information content (AvgIpc) is 3.61. The molecular weight excluding hydrogens is 550 g/mol. The third-order valence-corrected chi connectivity index (χ3v) is 9.16. The Morgan fingerprint density at radius 3 is 2.38 bits per heavy atom. The third kappa shape index (κ3) is 7.12. The van der Waals surface area contributed by atoms with E-state index in [0.717, 1.165) is 50.3 Å². The van der Waals surface area contributed by atoms with Gasteiger partial charge in [-0.25, -0.2) is 13.2 Å². The van der Waals surface area contributed by atoms with Gasteiger partial charge in [0.2, 0.25) is 5.91 Å². The van der Waals surface area contributed by atoms with E-state index >= 15 is 0 Å². The Balaban J connectivity index is 1.56. The molecule has 1 aliphatic carbocycles. The number of anilines is 1. The van der Waals surface area contributed by atoms with Crippen LogP contribution in [0.25, 0.3) is 0 Å². The summed E-state index contributed by atoms with van der Waals surface area (Å²) < 4.78 is 30.7. The lowest BCUT2D eigenvalue weighted by Gasteiger charge is -2.21. The summed E-state index contributed by atoms with van der Waals surface area (Å²) >= 11 is 6.35. The number of nitrogens with one attached hydrogen (secondary N) is 1. The largest absolute Gasteiger partial charge is 0.465 e. The molecule has 0 spiro atoms. The lowest BCUT2D eigenvalue weighted by molar-refractivity contribution is -0.118. The first-order valence-electron chi connectivity index (χ1n) is 13.6. The van der Waals surface area contributed by atoms with Gasteiger partial charge in [0.15, 0.2) is 15.7 Å². The zero-order valence-corrected chi connectivity index (χ0v) is 24.7. The highest BCUT2D eigenvalue weighted by molar-refractivity contribution is 7.90. The van der Waals surface area contributed by atoms with Crippen LogP contribution in [0.4, 0.5) is 5.82 Å². The SMILES string of the molecule is CCCC(c1ccc(C(=O)OC)cc1)n1ccc(NC(=O)[C@H](CC2CCCC2)c2ccc(S(C)(=O)=O)c(Cl)c2)n1. The Morgan fingerprint density at radius 1 is 1.10 bits per heavy atom. The summed E-state index contributed by atoms with van der Waals surface area (Å²) in [6.45, 7) is 2.09. The van der Waals surface area contributed by atoms with E-state index in [9.17, 15) is 18.0 Å². The number of hydrogen-bond donors (Lipinski definition) is 1. The lowest BCUT2D eigenvalue weighted by atomic mass is 9.87. The van der Waals surface area contributed by atoms with E-state index in [1.807, 2.05) is 23.0 Å². The van der Waals surface area contributed by atoms with Gasteiger partial charge in [0.25, 0.3) is 0 Å². The Hall–Kier alpha value is -3.17. The third-order valence-electron chi connectivity index (χ3n) is 7.58. The van der Waals surface area contributed by atoms with Crippen molar-refractivity contribution < 1.29 is 22.7 Å². The molecule has 4 rings (SSSR count). The number of carbonyl (C=O) groups is 2. The Labute approximate surface area is 241 Å². The number of ether oxygens (including phenoxy) is 1. The van der Waals surface area contributed by atoms with Crippen LogP contribution in [0, 0.1) is 5.92 Å². The van der Waals surface area contributed by atoms with Crippen molar-refractivity contribution in [3.63, 3.8) is 0 Å². The molecule has 0 bridgehead atoms. The van der Waals surface area contributed by atoms with E-state index in [0.29, 0.717) is 29.3 Å². The normalized spacial score (nSPS) is 15.5. The highest BCUT2D eigenvalue weighted by atomic mass is 35.5. The number of sulfone groups is 1. The fourth-order valence-corrected chi connectivity index (χ4v) is 6.82. The van der Waals surface area contributed by atoms with Crippen molar-refractivity contribution in [1.29, 1.82) is 0 Å². The second-order valence-electron chi connectivity index (χ2n) is 10.5. The monoisotopic (exact) mass is 585 g/mol. The quantitative estimate of drug-likeness (QED) is 0.260. The van der Waals surface area contributed by atoms with Crippen LogP contribution in [0.15, 0.2) is 59.6 Å². The molecule has 1 aromatic heterocycles. The van der Waals surface area contributed by atoms with Gasteiger partial charge < -0.3 is 10.1 Å². The van der Waals surface area contributed by atoms with Crippen LogP contribution >= 0.6 is 11.6 Å². The molecule has 1 saturated carbocycles. The van der Waals surface area contributed by atoms with Crippen molar-refractivity contribution in [3.8, 4) is 0 Å². The molecule has 1 heterocycles. The highest BCUT2D eigenvalue weighted by Gasteiger charge is 2.28. The number of carbonyl (C=O) groups excluding carboxylic acids is 2. The molecule has 3 aromatic rings. The number of hydrogen-bond acceptors (Lipinski definition) is 6. The van der Waals surface area contributed by atoms with Crippen molar-refractivity contribution >= 4 is 39.1 Å². The van der Waals surface area contributed by atoms with Gasteiger partial charge >= 0.3 is 5.97 Å². The molecule has 1 N–H and O–H groups in total. The summed E-state index contributed by atoms with van der Waals surface area (Å²) in [5.41, 5.74) is 2.17. The second kappa shape index (κ2) is 13.0. The van der Waals surface area contributed by atoms with E-state index in [4.69, 9.17) is 16.3 Å². The Bertz CT molecular complexity index is 1450. The summed E-state index contributed by atoms with van der Waals surface area (Å²) in [5.74, 6) is -0.218. The molecule has 2 atom stereocenters. The standard InChI is InChI=1S/C30H36ClN3O5S/c1-4-7-26(21-10-12-22(13-11-21)30(36)39-2)34-17-16-28(33-34)32-29(35)24(18-20-8-5-6-9-20)23-14-15-27(25(31)19-23)40(3,37)38/h10-17,19-20,24,26H,4-9,18H2,1-3H3,(H,32,33,35)/t24-,26?/m1/s1. The van der Waals surface area contributed by atoms with Gasteiger partial charge in [-0.3, -0.25) is 9.48 Å². The number of aromatic nitrogens is 2. The molecule has 1 amide bonds. The predicted molar refractivity (Wildman–Crippen MR) is 156 cm³/mol. The van der Waals surface area contributed by atoms with Crippen LogP contribution in [0.1, 0.15) is 85.3 Å². The number of benzene rings is 2. The summed E-state index contributed by atoms with van der Waals surface area (Å²) in [7, 11) is -2.12. The first-order chi connectivity index (χ1) is 19.1. The zero-order valence-electron chi connectivity index (χ0n) is 23.1. The minimum atomic E-state index is -3.48. The molecule has 2 aromatic carbocycles. The molecule has 10 heteroatoms. The highest BCUT2D eigenvalue weighted by Crippen LogP contribution is 2.36. The molecule has 8 nitrogen and oxygen atoms in total. The van der Waals surface area contributed by atoms with E-state index in [2.05, 4.69) is 17.3 Å². The molecule has 214 valence electrons. The van der Waals surface area contributed by atoms with Gasteiger partial charge in [-0.2, -0.15) is 5.10 Å². The number of rotatable bonds is 11. The molecule has 0 saturated heterocycles. The zero-order chi connectivity index (χ0) is 28.9. The van der Waals surface area contributed by atoms with Crippen LogP contribution in [0.3, 0.4) is 0 Å². The minimum absolute atomic E-state index is 0.0540. The van der Waals surface area contributed by atoms with Crippen LogP contribution in [-0.4, -0.2) is 43.4 Å². The maximum Gasteiger partial charge on any atom is 0.337 e. The topological polar surface area (TPSA) is 107 Å². The second-order valence-corrected chi connectivity index (χ2v) is 12.9. The number of nitrogens with zero attached hydrogens (tertiary/aromatic N) is 2. The van der Waals surface area contributed by atoms with Gasteiger partial charge in [0.05, 0.1) is 34.6 Å². The first-order valence-corrected chi connectivity index (χ1v) is 15.9. The fourth-order valence-electron chi connectivity index (χ4n) is 5.48. The van der Waals surface area contributed by atoms with E-state index in [1.165, 1.54) is 13.2 Å². The van der Waals surface area contributed by atoms with Crippen molar-refractivity contribution in [2.75, 3.05) is 18.7 Å². The maximum atomic E-state index is 13.6. The van der Waals surface area contributed by atoms with Crippen molar-refractivity contribution in [3.05, 3.63) is 76.4 Å². The number of esters is 1. The number of amides is 1. The first kappa shape index (κ1) is 29.8. The Morgan fingerprint density at radius 2 is 1.77 bits per heavy atom. The van der Waals surface area contributed by atoms with Gasteiger partial charge in [0, 0.05) is 18.5 Å². The molecule has 40 heavy (non-hydrogen) atoms. The minimum Gasteiger partial charge on any atom is -0.465 e. The molecule has 0 radical (unpaired) electrons. The van der Waals surface area contributed by atoms with Crippen molar-refractivity contribution in [2.45, 2.75) is 68.7 Å². The fraction of sp³-hybridized carbons (Fsp3) is 0.433. The lowest BCUT2D eigenvalue weighted by Crippen LogP contribution is -2.24. The van der Waals surface area contributed by atoms with Gasteiger partial charge in [0.1, 0.15) is 0 Å². The van der Waals surface area contributed by atoms with E-state index < -0.39 is 15.8 Å². The predicted octanol–water partition coefficient (Wildman–Crippen LogP) is 6.42. The summed E-state index contributed by atoms with van der Waals surface area (Å²) in [6, 6.07) is 13.8. The van der Waals surface area contributed by atoms with E-state index in [1.54, 1.807) is 30.3 Å². The molecule has 1 unspecified atom stereocenters. The van der Waals surface area contributed by atoms with Gasteiger partial charge in [-0.1, -0.05) is 68.8 Å². The van der Waals surface area contributed by atoms with Crippen molar-refractivity contribution in [2.24, 2.45) is 5.92 Å². The molecular formula is C30H36ClN3O5S. The maximum absolute atomic E-state index is 13.6. The van der Waals surface area contributed by atoms with Crippen LogP contribution in [0.2, 0.25) is 5.02 Å².